The summed E-state index contributed by atoms with van der Waals surface area (Å²) in [6.07, 6.45) is 9.48. The molecule has 1 aliphatic rings. The molecule has 0 bridgehead atoms. The zero-order chi connectivity index (χ0) is 17.6. The smallest absolute Gasteiger partial charge is 0.227 e. The van der Waals surface area contributed by atoms with Crippen LogP contribution in [0.15, 0.2) is 6.33 Å². The maximum atomic E-state index is 6.02. The molecule has 1 fully saturated rings. The van der Waals surface area contributed by atoms with Crippen molar-refractivity contribution in [3.05, 3.63) is 6.33 Å². The summed E-state index contributed by atoms with van der Waals surface area (Å²) in [5.74, 6) is 1.54. The topological polar surface area (TPSA) is 93.7 Å². The number of rotatable bonds is 8. The van der Waals surface area contributed by atoms with Crippen LogP contribution < -0.4 is 16.4 Å². The van der Waals surface area contributed by atoms with E-state index in [0.717, 1.165) is 75.0 Å². The first-order chi connectivity index (χ1) is 12.2. The summed E-state index contributed by atoms with van der Waals surface area (Å²) in [6.45, 7) is 6.17. The number of anilines is 2. The van der Waals surface area contributed by atoms with Crippen LogP contribution in [0.5, 0.6) is 0 Å². The summed E-state index contributed by atoms with van der Waals surface area (Å²) in [5, 5.41) is 6.97. The fraction of sp³-hybridized carbons (Fsp3) is 0.722. The Balaban J connectivity index is 0.00000182. The molecule has 3 rings (SSSR count). The molecule has 0 radical (unpaired) electrons. The number of imidazole rings is 1. The van der Waals surface area contributed by atoms with Gasteiger partial charge in [-0.15, -0.1) is 24.8 Å². The number of hydrogen-bond acceptors (Lipinski definition) is 6. The van der Waals surface area contributed by atoms with E-state index in [1.165, 1.54) is 0 Å². The Morgan fingerprint density at radius 2 is 1.85 bits per heavy atom. The first-order valence-corrected chi connectivity index (χ1v) is 9.70. The van der Waals surface area contributed by atoms with Crippen LogP contribution in [0.4, 0.5) is 11.8 Å². The molecule has 27 heavy (non-hydrogen) atoms. The van der Waals surface area contributed by atoms with E-state index in [9.17, 15) is 0 Å². The Morgan fingerprint density at radius 3 is 2.52 bits per heavy atom. The van der Waals surface area contributed by atoms with E-state index in [1.54, 1.807) is 0 Å². The molecule has 0 unspecified atom stereocenters. The zero-order valence-corrected chi connectivity index (χ0v) is 17.9. The molecule has 0 amide bonds. The van der Waals surface area contributed by atoms with Gasteiger partial charge in [0.2, 0.25) is 5.95 Å². The van der Waals surface area contributed by atoms with Crippen molar-refractivity contribution in [3.63, 3.8) is 0 Å². The Labute approximate surface area is 174 Å². The van der Waals surface area contributed by atoms with E-state index in [2.05, 4.69) is 34.0 Å². The van der Waals surface area contributed by atoms with Crippen LogP contribution in [0.3, 0.4) is 0 Å². The molecule has 2 aromatic heterocycles. The van der Waals surface area contributed by atoms with Crippen LogP contribution in [0, 0.1) is 0 Å². The Hall–Kier alpha value is -1.31. The SMILES string of the molecule is CCCCNc1nc(NC2CCC(N)CC2)nc2c1ncn2CCC.Cl.Cl. The number of aromatic nitrogens is 4. The van der Waals surface area contributed by atoms with Crippen LogP contribution in [-0.2, 0) is 6.54 Å². The van der Waals surface area contributed by atoms with Crippen molar-refractivity contribution in [2.45, 2.75) is 77.4 Å². The highest BCUT2D eigenvalue weighted by atomic mass is 35.5. The second-order valence-electron chi connectivity index (χ2n) is 7.04. The molecular weight excluding hydrogens is 385 g/mol. The van der Waals surface area contributed by atoms with E-state index >= 15 is 0 Å². The molecule has 4 N–H and O–H groups in total. The zero-order valence-electron chi connectivity index (χ0n) is 16.3. The lowest BCUT2D eigenvalue weighted by atomic mass is 9.92. The van der Waals surface area contributed by atoms with Crippen molar-refractivity contribution in [2.75, 3.05) is 17.2 Å². The van der Waals surface area contributed by atoms with Gasteiger partial charge in [0.25, 0.3) is 0 Å². The molecule has 154 valence electrons. The summed E-state index contributed by atoms with van der Waals surface area (Å²) in [4.78, 5) is 14.0. The second kappa shape index (κ2) is 11.5. The Bertz CT molecular complexity index is 684. The van der Waals surface area contributed by atoms with Gasteiger partial charge in [0.15, 0.2) is 17.0 Å². The van der Waals surface area contributed by atoms with Crippen LogP contribution in [-0.4, -0.2) is 38.1 Å². The molecule has 0 aliphatic heterocycles. The summed E-state index contributed by atoms with van der Waals surface area (Å²) in [5.41, 5.74) is 7.79. The lowest BCUT2D eigenvalue weighted by Crippen LogP contribution is -2.33. The Morgan fingerprint density at radius 1 is 1.11 bits per heavy atom. The van der Waals surface area contributed by atoms with Crippen LogP contribution >= 0.6 is 24.8 Å². The number of hydrogen-bond donors (Lipinski definition) is 3. The van der Waals surface area contributed by atoms with E-state index in [1.807, 2.05) is 6.33 Å². The van der Waals surface area contributed by atoms with Gasteiger partial charge in [0.1, 0.15) is 0 Å². The molecule has 1 aliphatic carbocycles. The lowest BCUT2D eigenvalue weighted by Gasteiger charge is -2.26. The molecule has 7 nitrogen and oxygen atoms in total. The van der Waals surface area contributed by atoms with Crippen molar-refractivity contribution in [1.29, 1.82) is 0 Å². The van der Waals surface area contributed by atoms with E-state index < -0.39 is 0 Å². The van der Waals surface area contributed by atoms with Gasteiger partial charge in [0, 0.05) is 25.2 Å². The number of nitrogens with one attached hydrogen (secondary N) is 2. The predicted molar refractivity (Wildman–Crippen MR) is 117 cm³/mol. The molecule has 1 saturated carbocycles. The first kappa shape index (κ1) is 23.7. The molecule has 9 heteroatoms. The fourth-order valence-electron chi connectivity index (χ4n) is 3.37. The third kappa shape index (κ3) is 6.09. The third-order valence-corrected chi connectivity index (χ3v) is 4.86. The quantitative estimate of drug-likeness (QED) is 0.562. The summed E-state index contributed by atoms with van der Waals surface area (Å²) >= 11 is 0. The van der Waals surface area contributed by atoms with Gasteiger partial charge in [-0.1, -0.05) is 20.3 Å². The van der Waals surface area contributed by atoms with Crippen molar-refractivity contribution < 1.29 is 0 Å². The van der Waals surface area contributed by atoms with Gasteiger partial charge < -0.3 is 20.9 Å². The molecule has 2 heterocycles. The van der Waals surface area contributed by atoms with E-state index in [0.29, 0.717) is 18.0 Å². The predicted octanol–water partition coefficient (Wildman–Crippen LogP) is 3.97. The minimum Gasteiger partial charge on any atom is -0.368 e. The van der Waals surface area contributed by atoms with Gasteiger partial charge in [0.05, 0.1) is 6.33 Å². The van der Waals surface area contributed by atoms with Crippen molar-refractivity contribution in [1.82, 2.24) is 19.5 Å². The van der Waals surface area contributed by atoms with Gasteiger partial charge in [-0.3, -0.25) is 0 Å². The van der Waals surface area contributed by atoms with Gasteiger partial charge >= 0.3 is 0 Å². The van der Waals surface area contributed by atoms with Crippen LogP contribution in [0.1, 0.15) is 58.8 Å². The normalized spacial score (nSPS) is 19.2. The Kier molecular flexibility index (Phi) is 10.1. The van der Waals surface area contributed by atoms with Crippen LogP contribution in [0.25, 0.3) is 11.2 Å². The van der Waals surface area contributed by atoms with Crippen molar-refractivity contribution in [2.24, 2.45) is 5.73 Å². The largest absolute Gasteiger partial charge is 0.368 e. The molecule has 0 aromatic carbocycles. The second-order valence-corrected chi connectivity index (χ2v) is 7.04. The van der Waals surface area contributed by atoms with Gasteiger partial charge in [-0.2, -0.15) is 9.97 Å². The molecule has 2 aromatic rings. The van der Waals surface area contributed by atoms with Crippen LogP contribution in [0.2, 0.25) is 0 Å². The van der Waals surface area contributed by atoms with Gasteiger partial charge in [-0.05, 0) is 38.5 Å². The molecule has 0 spiro atoms. The lowest BCUT2D eigenvalue weighted by molar-refractivity contribution is 0.410. The monoisotopic (exact) mass is 417 g/mol. The van der Waals surface area contributed by atoms with E-state index in [4.69, 9.17) is 15.7 Å². The molecule has 0 atom stereocenters. The average Bonchev–Trinajstić information content (AvgIpc) is 3.01. The third-order valence-electron chi connectivity index (χ3n) is 4.86. The minimum absolute atomic E-state index is 0. The number of aryl methyl sites for hydroxylation is 1. The highest BCUT2D eigenvalue weighted by molar-refractivity contribution is 5.86. The minimum atomic E-state index is 0. The maximum absolute atomic E-state index is 6.02. The molecular formula is C18H33Cl2N7. The highest BCUT2D eigenvalue weighted by Gasteiger charge is 2.20. The first-order valence-electron chi connectivity index (χ1n) is 9.70. The number of halogens is 2. The number of nitrogens with two attached hydrogens (primary N) is 1. The van der Waals surface area contributed by atoms with Gasteiger partial charge in [-0.25, -0.2) is 4.98 Å². The van der Waals surface area contributed by atoms with E-state index in [-0.39, 0.29) is 24.8 Å². The number of nitrogens with zero attached hydrogens (tertiary/aromatic N) is 4. The summed E-state index contributed by atoms with van der Waals surface area (Å²) in [6, 6.07) is 0.752. The highest BCUT2D eigenvalue weighted by Crippen LogP contribution is 2.24. The summed E-state index contributed by atoms with van der Waals surface area (Å²) < 4.78 is 2.12. The average molecular weight is 418 g/mol. The molecule has 0 saturated heterocycles. The standard InChI is InChI=1S/C18H31N7.2ClH/c1-3-5-10-20-16-15-17(25(11-4-2)12-21-15)24-18(23-16)22-14-8-6-13(19)7-9-14;;/h12-14H,3-11,19H2,1-2H3,(H2,20,22,23,24);2*1H. The van der Waals surface area contributed by atoms with Crippen molar-refractivity contribution >= 4 is 47.7 Å². The number of fused-ring (bicyclic) bond motifs is 1. The summed E-state index contributed by atoms with van der Waals surface area (Å²) in [7, 11) is 0. The fourth-order valence-corrected chi connectivity index (χ4v) is 3.37. The number of unbranched alkanes of at least 4 members (excludes halogenated alkanes) is 1. The maximum Gasteiger partial charge on any atom is 0.227 e. The van der Waals surface area contributed by atoms with Crippen molar-refractivity contribution in [3.8, 4) is 0 Å².